The SMILES string of the molecule is CN(C)c1ccc(-n2cccc2)cc1C#N. The van der Waals surface area contributed by atoms with Gasteiger partial charge in [0.2, 0.25) is 0 Å². The van der Waals surface area contributed by atoms with Crippen molar-refractivity contribution < 1.29 is 0 Å². The van der Waals surface area contributed by atoms with Gasteiger partial charge in [0.15, 0.2) is 0 Å². The largest absolute Gasteiger partial charge is 0.377 e. The summed E-state index contributed by atoms with van der Waals surface area (Å²) in [5.41, 5.74) is 2.64. The maximum atomic E-state index is 9.10. The molecule has 0 saturated heterocycles. The van der Waals surface area contributed by atoms with Gasteiger partial charge in [0, 0.05) is 32.2 Å². The zero-order valence-electron chi connectivity index (χ0n) is 9.38. The predicted octanol–water partition coefficient (Wildman–Crippen LogP) is 2.41. The Balaban J connectivity index is 2.50. The average Bonchev–Trinajstić information content (AvgIpc) is 2.81. The molecule has 0 fully saturated rings. The molecule has 1 heterocycles. The lowest BCUT2D eigenvalue weighted by Gasteiger charge is -2.15. The molecule has 0 aliphatic carbocycles. The standard InChI is InChI=1S/C13H13N3/c1-15(2)13-6-5-12(9-11(13)10-14)16-7-3-4-8-16/h3-9H,1-2H3. The van der Waals surface area contributed by atoms with Crippen molar-refractivity contribution in [1.82, 2.24) is 4.57 Å². The van der Waals surface area contributed by atoms with Crippen LogP contribution in [0, 0.1) is 11.3 Å². The van der Waals surface area contributed by atoms with Gasteiger partial charge in [-0.15, -0.1) is 0 Å². The molecule has 0 aliphatic rings. The Kier molecular flexibility index (Phi) is 2.65. The van der Waals surface area contributed by atoms with Crippen LogP contribution in [0.5, 0.6) is 0 Å². The van der Waals surface area contributed by atoms with E-state index in [0.29, 0.717) is 5.56 Å². The van der Waals surface area contributed by atoms with Gasteiger partial charge in [-0.3, -0.25) is 0 Å². The van der Waals surface area contributed by atoms with Crippen LogP contribution in [-0.2, 0) is 0 Å². The van der Waals surface area contributed by atoms with Gasteiger partial charge in [0.1, 0.15) is 6.07 Å². The van der Waals surface area contributed by atoms with E-state index >= 15 is 0 Å². The molecule has 0 unspecified atom stereocenters. The van der Waals surface area contributed by atoms with Crippen molar-refractivity contribution in [3.63, 3.8) is 0 Å². The second kappa shape index (κ2) is 4.11. The summed E-state index contributed by atoms with van der Waals surface area (Å²) in [6.07, 6.45) is 3.93. The lowest BCUT2D eigenvalue weighted by molar-refractivity contribution is 1.07. The normalized spacial score (nSPS) is 9.81. The third-order valence-electron chi connectivity index (χ3n) is 2.48. The zero-order valence-corrected chi connectivity index (χ0v) is 9.38. The number of nitriles is 1. The molecular formula is C13H13N3. The van der Waals surface area contributed by atoms with Gasteiger partial charge in [-0.2, -0.15) is 5.26 Å². The number of hydrogen-bond donors (Lipinski definition) is 0. The van der Waals surface area contributed by atoms with Crippen LogP contribution in [0.2, 0.25) is 0 Å². The molecule has 0 amide bonds. The minimum atomic E-state index is 0.691. The Morgan fingerprint density at radius 3 is 2.44 bits per heavy atom. The number of aromatic nitrogens is 1. The van der Waals surface area contributed by atoms with Gasteiger partial charge >= 0.3 is 0 Å². The Hall–Kier alpha value is -2.21. The number of anilines is 1. The average molecular weight is 211 g/mol. The van der Waals surface area contributed by atoms with E-state index < -0.39 is 0 Å². The topological polar surface area (TPSA) is 32.0 Å². The van der Waals surface area contributed by atoms with Gasteiger partial charge in [-0.05, 0) is 30.3 Å². The first-order valence-corrected chi connectivity index (χ1v) is 5.07. The summed E-state index contributed by atoms with van der Waals surface area (Å²) in [5, 5.41) is 9.10. The minimum Gasteiger partial charge on any atom is -0.377 e. The minimum absolute atomic E-state index is 0.691. The van der Waals surface area contributed by atoms with Gasteiger partial charge in [0.05, 0.1) is 11.3 Å². The Labute approximate surface area is 95.2 Å². The molecule has 0 aliphatic heterocycles. The maximum Gasteiger partial charge on any atom is 0.101 e. The summed E-state index contributed by atoms with van der Waals surface area (Å²) in [6, 6.07) is 12.0. The van der Waals surface area contributed by atoms with Crippen molar-refractivity contribution in [2.75, 3.05) is 19.0 Å². The summed E-state index contributed by atoms with van der Waals surface area (Å²) in [6.45, 7) is 0. The van der Waals surface area contributed by atoms with Crippen LogP contribution in [0.15, 0.2) is 42.7 Å². The quantitative estimate of drug-likeness (QED) is 0.764. The molecule has 1 aromatic heterocycles. The molecule has 0 radical (unpaired) electrons. The van der Waals surface area contributed by atoms with Gasteiger partial charge < -0.3 is 9.47 Å². The van der Waals surface area contributed by atoms with E-state index in [1.165, 1.54) is 0 Å². The second-order valence-corrected chi connectivity index (χ2v) is 3.80. The first-order chi connectivity index (χ1) is 7.72. The van der Waals surface area contributed by atoms with Crippen molar-refractivity contribution in [1.29, 1.82) is 5.26 Å². The van der Waals surface area contributed by atoms with Gasteiger partial charge in [0.25, 0.3) is 0 Å². The van der Waals surface area contributed by atoms with Crippen LogP contribution >= 0.6 is 0 Å². The highest BCUT2D eigenvalue weighted by molar-refractivity contribution is 5.62. The lowest BCUT2D eigenvalue weighted by Crippen LogP contribution is -2.10. The molecule has 0 N–H and O–H groups in total. The summed E-state index contributed by atoms with van der Waals surface area (Å²) in [4.78, 5) is 1.94. The Morgan fingerprint density at radius 2 is 1.88 bits per heavy atom. The maximum absolute atomic E-state index is 9.10. The molecule has 16 heavy (non-hydrogen) atoms. The van der Waals surface area contributed by atoms with E-state index in [4.69, 9.17) is 5.26 Å². The van der Waals surface area contributed by atoms with Crippen molar-refractivity contribution in [3.05, 3.63) is 48.3 Å². The van der Waals surface area contributed by atoms with E-state index in [9.17, 15) is 0 Å². The van der Waals surface area contributed by atoms with Crippen molar-refractivity contribution in [2.45, 2.75) is 0 Å². The molecule has 1 aromatic carbocycles. The second-order valence-electron chi connectivity index (χ2n) is 3.80. The predicted molar refractivity (Wildman–Crippen MR) is 64.8 cm³/mol. The third-order valence-corrected chi connectivity index (χ3v) is 2.48. The monoisotopic (exact) mass is 211 g/mol. The third kappa shape index (κ3) is 1.78. The highest BCUT2D eigenvalue weighted by Gasteiger charge is 2.05. The fourth-order valence-corrected chi connectivity index (χ4v) is 1.67. The zero-order chi connectivity index (χ0) is 11.5. The van der Waals surface area contributed by atoms with E-state index in [1.807, 2.05) is 66.3 Å². The summed E-state index contributed by atoms with van der Waals surface area (Å²) >= 11 is 0. The Bertz CT molecular complexity index is 519. The van der Waals surface area contributed by atoms with Crippen LogP contribution < -0.4 is 4.90 Å². The van der Waals surface area contributed by atoms with E-state index in [0.717, 1.165) is 11.4 Å². The van der Waals surface area contributed by atoms with Gasteiger partial charge in [-0.25, -0.2) is 0 Å². The lowest BCUT2D eigenvalue weighted by atomic mass is 10.1. The first-order valence-electron chi connectivity index (χ1n) is 5.07. The van der Waals surface area contributed by atoms with Gasteiger partial charge in [-0.1, -0.05) is 0 Å². The number of nitrogens with zero attached hydrogens (tertiary/aromatic N) is 3. The molecule has 2 aromatic rings. The molecule has 0 bridgehead atoms. The van der Waals surface area contributed by atoms with Crippen molar-refractivity contribution in [2.24, 2.45) is 0 Å². The first kappa shape index (κ1) is 10.3. The Morgan fingerprint density at radius 1 is 1.19 bits per heavy atom. The molecule has 3 nitrogen and oxygen atoms in total. The summed E-state index contributed by atoms with van der Waals surface area (Å²) < 4.78 is 1.99. The van der Waals surface area contributed by atoms with Crippen LogP contribution in [0.4, 0.5) is 5.69 Å². The smallest absolute Gasteiger partial charge is 0.101 e. The van der Waals surface area contributed by atoms with Crippen LogP contribution in [0.1, 0.15) is 5.56 Å². The van der Waals surface area contributed by atoms with Crippen LogP contribution in [0.25, 0.3) is 5.69 Å². The molecule has 2 rings (SSSR count). The number of hydrogen-bond acceptors (Lipinski definition) is 2. The van der Waals surface area contributed by atoms with E-state index in [1.54, 1.807) is 0 Å². The fourth-order valence-electron chi connectivity index (χ4n) is 1.67. The fraction of sp³-hybridized carbons (Fsp3) is 0.154. The number of benzene rings is 1. The highest BCUT2D eigenvalue weighted by atomic mass is 15.1. The molecule has 0 spiro atoms. The molecule has 0 saturated carbocycles. The van der Waals surface area contributed by atoms with E-state index in [2.05, 4.69) is 6.07 Å². The summed E-state index contributed by atoms with van der Waals surface area (Å²) in [7, 11) is 3.87. The van der Waals surface area contributed by atoms with Crippen molar-refractivity contribution >= 4 is 5.69 Å². The molecular weight excluding hydrogens is 198 g/mol. The van der Waals surface area contributed by atoms with Crippen LogP contribution in [-0.4, -0.2) is 18.7 Å². The number of rotatable bonds is 2. The molecule has 80 valence electrons. The molecule has 0 atom stereocenters. The van der Waals surface area contributed by atoms with Crippen molar-refractivity contribution in [3.8, 4) is 11.8 Å². The molecule has 3 heteroatoms. The summed E-state index contributed by atoms with van der Waals surface area (Å²) in [5.74, 6) is 0. The van der Waals surface area contributed by atoms with E-state index in [-0.39, 0.29) is 0 Å². The highest BCUT2D eigenvalue weighted by Crippen LogP contribution is 2.21. The van der Waals surface area contributed by atoms with Crippen LogP contribution in [0.3, 0.4) is 0 Å².